The lowest BCUT2D eigenvalue weighted by molar-refractivity contribution is -0.125. The van der Waals surface area contributed by atoms with Gasteiger partial charge in [0.1, 0.15) is 6.04 Å². The van der Waals surface area contributed by atoms with Gasteiger partial charge in [-0.2, -0.15) is 0 Å². The normalized spacial score (nSPS) is 18.5. The van der Waals surface area contributed by atoms with Crippen LogP contribution in [0.5, 0.6) is 0 Å². The van der Waals surface area contributed by atoms with Crippen LogP contribution in [0.25, 0.3) is 0 Å². The van der Waals surface area contributed by atoms with Crippen LogP contribution in [-0.4, -0.2) is 37.1 Å². The average molecular weight is 270 g/mol. The molecule has 0 saturated carbocycles. The van der Waals surface area contributed by atoms with Gasteiger partial charge in [0.15, 0.2) is 0 Å². The molecular weight excluding hydrogens is 254 g/mol. The van der Waals surface area contributed by atoms with Crippen molar-refractivity contribution in [1.29, 1.82) is 0 Å². The molecule has 1 aromatic rings. The van der Waals surface area contributed by atoms with E-state index in [1.165, 1.54) is 0 Å². The Morgan fingerprint density at radius 2 is 2.06 bits per heavy atom. The summed E-state index contributed by atoms with van der Waals surface area (Å²) in [6.07, 6.45) is 0. The highest BCUT2D eigenvalue weighted by molar-refractivity contribution is 6.32. The van der Waals surface area contributed by atoms with E-state index >= 15 is 0 Å². The minimum atomic E-state index is -0.526. The summed E-state index contributed by atoms with van der Waals surface area (Å²) in [7, 11) is 0. The highest BCUT2D eigenvalue weighted by Gasteiger charge is 2.28. The summed E-state index contributed by atoms with van der Waals surface area (Å²) in [6.45, 7) is 2.51. The van der Waals surface area contributed by atoms with Gasteiger partial charge in [0, 0.05) is 23.8 Å². The van der Waals surface area contributed by atoms with Gasteiger partial charge in [-0.05, 0) is 17.7 Å². The van der Waals surface area contributed by atoms with E-state index in [2.05, 4.69) is 0 Å². The minimum Gasteiger partial charge on any atom is -0.399 e. The molecule has 2 rings (SSSR count). The second kappa shape index (κ2) is 5.56. The van der Waals surface area contributed by atoms with Gasteiger partial charge in [0.25, 0.3) is 0 Å². The maximum Gasteiger partial charge on any atom is 0.239 e. The fourth-order valence-corrected chi connectivity index (χ4v) is 2.42. The van der Waals surface area contributed by atoms with Crippen molar-refractivity contribution in [2.45, 2.75) is 6.04 Å². The number of rotatable bonds is 3. The van der Waals surface area contributed by atoms with Crippen LogP contribution in [-0.2, 0) is 9.53 Å². The molecule has 0 spiro atoms. The van der Waals surface area contributed by atoms with Crippen LogP contribution in [0.2, 0.25) is 5.02 Å². The third-order valence-corrected chi connectivity index (χ3v) is 3.33. The van der Waals surface area contributed by atoms with Crippen LogP contribution in [0.15, 0.2) is 18.2 Å². The van der Waals surface area contributed by atoms with Crippen molar-refractivity contribution in [1.82, 2.24) is 4.90 Å². The molecule has 1 atom stereocenters. The molecule has 1 aliphatic heterocycles. The lowest BCUT2D eigenvalue weighted by atomic mass is 10.0. The van der Waals surface area contributed by atoms with E-state index in [1.54, 1.807) is 18.2 Å². The smallest absolute Gasteiger partial charge is 0.239 e. The molecule has 0 radical (unpaired) electrons. The van der Waals surface area contributed by atoms with Crippen LogP contribution in [0, 0.1) is 0 Å². The predicted molar refractivity (Wildman–Crippen MR) is 70.2 cm³/mol. The van der Waals surface area contributed by atoms with Gasteiger partial charge in [-0.15, -0.1) is 0 Å². The lowest BCUT2D eigenvalue weighted by Gasteiger charge is -2.33. The highest BCUT2D eigenvalue weighted by atomic mass is 35.5. The second-order valence-electron chi connectivity index (χ2n) is 4.23. The molecule has 1 amide bonds. The average Bonchev–Trinajstić information content (AvgIpc) is 2.33. The fraction of sp³-hybridized carbons (Fsp3) is 0.417. The zero-order valence-corrected chi connectivity index (χ0v) is 10.7. The number of nitrogens with two attached hydrogens (primary N) is 2. The maximum atomic E-state index is 11.7. The lowest BCUT2D eigenvalue weighted by Crippen LogP contribution is -2.44. The number of anilines is 1. The van der Waals surface area contributed by atoms with Crippen molar-refractivity contribution in [2.24, 2.45) is 5.73 Å². The van der Waals surface area contributed by atoms with Crippen LogP contribution in [0.3, 0.4) is 0 Å². The highest BCUT2D eigenvalue weighted by Crippen LogP contribution is 2.29. The SMILES string of the molecule is NC(=O)C(c1ccc(N)cc1Cl)N1CCOCC1. The Balaban J connectivity index is 2.31. The number of halogens is 1. The summed E-state index contributed by atoms with van der Waals surface area (Å²) >= 11 is 6.14. The number of ether oxygens (including phenoxy) is 1. The van der Waals surface area contributed by atoms with E-state index in [9.17, 15) is 4.79 Å². The molecule has 4 N–H and O–H groups in total. The zero-order chi connectivity index (χ0) is 13.1. The first kappa shape index (κ1) is 13.1. The molecular formula is C12H16ClN3O2. The van der Waals surface area contributed by atoms with E-state index in [-0.39, 0.29) is 0 Å². The first-order valence-corrected chi connectivity index (χ1v) is 6.13. The van der Waals surface area contributed by atoms with Crippen LogP contribution in [0.4, 0.5) is 5.69 Å². The van der Waals surface area contributed by atoms with E-state index in [4.69, 9.17) is 27.8 Å². The summed E-state index contributed by atoms with van der Waals surface area (Å²) in [6, 6.07) is 4.58. The van der Waals surface area contributed by atoms with Crippen molar-refractivity contribution in [3.8, 4) is 0 Å². The van der Waals surface area contributed by atoms with Crippen LogP contribution < -0.4 is 11.5 Å². The number of nitrogen functional groups attached to an aromatic ring is 1. The summed E-state index contributed by atoms with van der Waals surface area (Å²) in [5.41, 5.74) is 12.4. The Morgan fingerprint density at radius 3 is 2.61 bits per heavy atom. The number of benzene rings is 1. The number of hydrogen-bond acceptors (Lipinski definition) is 4. The molecule has 1 aliphatic rings. The topological polar surface area (TPSA) is 81.6 Å². The number of carbonyl (C=O) groups excluding carboxylic acids is 1. The predicted octanol–water partition coefficient (Wildman–Crippen LogP) is 0.781. The third kappa shape index (κ3) is 2.75. The third-order valence-electron chi connectivity index (χ3n) is 3.00. The minimum absolute atomic E-state index is 0.413. The summed E-state index contributed by atoms with van der Waals surface area (Å²) < 4.78 is 5.27. The van der Waals surface area contributed by atoms with E-state index in [0.717, 1.165) is 0 Å². The number of amides is 1. The van der Waals surface area contributed by atoms with Gasteiger partial charge < -0.3 is 16.2 Å². The Bertz CT molecular complexity index is 447. The quantitative estimate of drug-likeness (QED) is 0.795. The van der Waals surface area contributed by atoms with Crippen molar-refractivity contribution >= 4 is 23.2 Å². The molecule has 1 unspecified atom stereocenters. The molecule has 1 saturated heterocycles. The Hall–Kier alpha value is -1.30. The van der Waals surface area contributed by atoms with Crippen LogP contribution >= 0.6 is 11.6 Å². The fourth-order valence-electron chi connectivity index (χ4n) is 2.13. The van der Waals surface area contributed by atoms with Crippen molar-refractivity contribution < 1.29 is 9.53 Å². The summed E-state index contributed by atoms with van der Waals surface area (Å²) in [4.78, 5) is 13.7. The monoisotopic (exact) mass is 269 g/mol. The number of primary amides is 1. The van der Waals surface area contributed by atoms with Gasteiger partial charge in [-0.25, -0.2) is 0 Å². The largest absolute Gasteiger partial charge is 0.399 e. The van der Waals surface area contributed by atoms with Crippen LogP contribution in [0.1, 0.15) is 11.6 Å². The van der Waals surface area contributed by atoms with E-state index in [1.807, 2.05) is 4.90 Å². The molecule has 1 fully saturated rings. The van der Waals surface area contributed by atoms with E-state index in [0.29, 0.717) is 42.6 Å². The number of morpholine rings is 1. The van der Waals surface area contributed by atoms with E-state index < -0.39 is 11.9 Å². The number of carbonyl (C=O) groups is 1. The van der Waals surface area contributed by atoms with Gasteiger partial charge in [0.2, 0.25) is 5.91 Å². The van der Waals surface area contributed by atoms with Crippen molar-refractivity contribution in [3.63, 3.8) is 0 Å². The Labute approximate surface area is 111 Å². The van der Waals surface area contributed by atoms with Crippen molar-refractivity contribution in [3.05, 3.63) is 28.8 Å². The number of hydrogen-bond donors (Lipinski definition) is 2. The van der Waals surface area contributed by atoms with Gasteiger partial charge in [-0.3, -0.25) is 9.69 Å². The molecule has 0 aliphatic carbocycles. The molecule has 5 nitrogen and oxygen atoms in total. The number of nitrogens with zero attached hydrogens (tertiary/aromatic N) is 1. The van der Waals surface area contributed by atoms with Gasteiger partial charge in [-0.1, -0.05) is 17.7 Å². The van der Waals surface area contributed by atoms with Gasteiger partial charge >= 0.3 is 0 Å². The first-order chi connectivity index (χ1) is 8.59. The Morgan fingerprint density at radius 1 is 1.39 bits per heavy atom. The molecule has 1 heterocycles. The molecule has 6 heteroatoms. The van der Waals surface area contributed by atoms with Gasteiger partial charge in [0.05, 0.1) is 13.2 Å². The molecule has 98 valence electrons. The molecule has 0 bridgehead atoms. The molecule has 1 aromatic carbocycles. The second-order valence-corrected chi connectivity index (χ2v) is 4.64. The molecule has 18 heavy (non-hydrogen) atoms. The maximum absolute atomic E-state index is 11.7. The first-order valence-electron chi connectivity index (χ1n) is 5.75. The zero-order valence-electron chi connectivity index (χ0n) is 9.93. The van der Waals surface area contributed by atoms with Crippen molar-refractivity contribution in [2.75, 3.05) is 32.0 Å². The molecule has 0 aromatic heterocycles. The standard InChI is InChI=1S/C12H16ClN3O2/c13-10-7-8(14)1-2-9(10)11(12(15)17)16-3-5-18-6-4-16/h1-2,7,11H,3-6,14H2,(H2,15,17). The summed E-state index contributed by atoms with van der Waals surface area (Å²) in [5.74, 6) is -0.413. The Kier molecular flexibility index (Phi) is 4.06. The summed E-state index contributed by atoms with van der Waals surface area (Å²) in [5, 5.41) is 0.463.